The Morgan fingerprint density at radius 1 is 1.50 bits per heavy atom. The first-order valence-electron chi connectivity index (χ1n) is 5.98. The fraction of sp³-hybridized carbons (Fsp3) is 0.462. The molecule has 0 radical (unpaired) electrons. The first kappa shape index (κ1) is 13.3. The molecule has 0 heterocycles. The maximum absolute atomic E-state index is 13.2. The van der Waals surface area contributed by atoms with Crippen LogP contribution in [0.1, 0.15) is 29.6 Å². The smallest absolute Gasteiger partial charge is 0.251 e. The summed E-state index contributed by atoms with van der Waals surface area (Å²) in [4.78, 5) is 11.9. The third-order valence-corrected chi connectivity index (χ3v) is 3.70. The van der Waals surface area contributed by atoms with E-state index in [0.717, 1.165) is 25.3 Å². The van der Waals surface area contributed by atoms with Gasteiger partial charge >= 0.3 is 0 Å². The number of aliphatic hydroxyl groups excluding tert-OH is 1. The van der Waals surface area contributed by atoms with Gasteiger partial charge in [0.05, 0.1) is 5.02 Å². The molecule has 2 N–H and O–H groups in total. The van der Waals surface area contributed by atoms with Crippen molar-refractivity contribution in [3.8, 4) is 0 Å². The summed E-state index contributed by atoms with van der Waals surface area (Å²) in [6.45, 7) is 0.0694. The minimum absolute atomic E-state index is 0.000603. The van der Waals surface area contributed by atoms with Gasteiger partial charge < -0.3 is 10.4 Å². The van der Waals surface area contributed by atoms with Crippen molar-refractivity contribution in [1.82, 2.24) is 5.32 Å². The Kier molecular flexibility index (Phi) is 4.19. The maximum atomic E-state index is 13.2. The summed E-state index contributed by atoms with van der Waals surface area (Å²) in [5, 5.41) is 12.0. The van der Waals surface area contributed by atoms with Crippen molar-refractivity contribution in [3.05, 3.63) is 34.6 Å². The van der Waals surface area contributed by atoms with E-state index in [2.05, 4.69) is 5.32 Å². The quantitative estimate of drug-likeness (QED) is 0.887. The minimum atomic E-state index is -0.602. The van der Waals surface area contributed by atoms with Gasteiger partial charge in [0.25, 0.3) is 5.91 Å². The Bertz CT molecular complexity index is 453. The number of hydrogen-bond acceptors (Lipinski definition) is 2. The van der Waals surface area contributed by atoms with E-state index in [1.54, 1.807) is 0 Å². The van der Waals surface area contributed by atoms with Crippen molar-refractivity contribution in [2.75, 3.05) is 6.61 Å². The van der Waals surface area contributed by atoms with Crippen LogP contribution in [0.2, 0.25) is 5.02 Å². The third kappa shape index (κ3) is 2.82. The fourth-order valence-corrected chi connectivity index (χ4v) is 2.45. The molecule has 1 fully saturated rings. The topological polar surface area (TPSA) is 49.3 Å². The molecule has 1 aromatic rings. The number of hydrogen-bond donors (Lipinski definition) is 2. The van der Waals surface area contributed by atoms with Crippen LogP contribution in [0.25, 0.3) is 0 Å². The number of carbonyl (C=O) groups is 1. The van der Waals surface area contributed by atoms with Gasteiger partial charge in [-0.15, -0.1) is 0 Å². The van der Waals surface area contributed by atoms with Crippen LogP contribution in [0.3, 0.4) is 0 Å². The zero-order valence-electron chi connectivity index (χ0n) is 9.83. The summed E-state index contributed by atoms with van der Waals surface area (Å²) >= 11 is 5.56. The van der Waals surface area contributed by atoms with E-state index in [1.807, 2.05) is 0 Å². The van der Waals surface area contributed by atoms with Crippen LogP contribution < -0.4 is 5.32 Å². The lowest BCUT2D eigenvalue weighted by Crippen LogP contribution is -2.38. The van der Waals surface area contributed by atoms with Crippen molar-refractivity contribution >= 4 is 17.5 Å². The van der Waals surface area contributed by atoms with Gasteiger partial charge in [0.15, 0.2) is 0 Å². The summed E-state index contributed by atoms with van der Waals surface area (Å²) in [6.07, 6.45) is 2.76. The molecule has 0 spiro atoms. The molecule has 2 atom stereocenters. The Hall–Kier alpha value is -1.13. The van der Waals surface area contributed by atoms with Gasteiger partial charge in [0.1, 0.15) is 5.82 Å². The Balaban J connectivity index is 2.05. The van der Waals surface area contributed by atoms with Gasteiger partial charge in [-0.25, -0.2) is 4.39 Å². The number of carbonyl (C=O) groups excluding carboxylic acids is 1. The molecule has 2 rings (SSSR count). The van der Waals surface area contributed by atoms with Gasteiger partial charge in [0, 0.05) is 24.1 Å². The second-order valence-corrected chi connectivity index (χ2v) is 4.99. The number of nitrogens with one attached hydrogen (secondary N) is 1. The van der Waals surface area contributed by atoms with Crippen LogP contribution in [0.15, 0.2) is 18.2 Å². The Morgan fingerprint density at radius 3 is 2.94 bits per heavy atom. The first-order valence-corrected chi connectivity index (χ1v) is 6.36. The first-order chi connectivity index (χ1) is 8.61. The van der Waals surface area contributed by atoms with E-state index in [4.69, 9.17) is 11.6 Å². The zero-order chi connectivity index (χ0) is 13.1. The molecule has 18 heavy (non-hydrogen) atoms. The average Bonchev–Trinajstić information content (AvgIpc) is 2.79. The molecule has 5 heteroatoms. The van der Waals surface area contributed by atoms with Gasteiger partial charge in [-0.1, -0.05) is 18.0 Å². The zero-order valence-corrected chi connectivity index (χ0v) is 10.6. The van der Waals surface area contributed by atoms with Gasteiger partial charge in [0.2, 0.25) is 0 Å². The van der Waals surface area contributed by atoms with Crippen molar-refractivity contribution in [3.63, 3.8) is 0 Å². The van der Waals surface area contributed by atoms with Crippen LogP contribution in [0.4, 0.5) is 4.39 Å². The molecular weight excluding hydrogens is 257 g/mol. The highest BCUT2D eigenvalue weighted by atomic mass is 35.5. The molecular formula is C13H15ClFNO2. The molecule has 1 aromatic carbocycles. The molecule has 0 aliphatic heterocycles. The summed E-state index contributed by atoms with van der Waals surface area (Å²) in [5.41, 5.74) is 0.250. The number of rotatable bonds is 3. The molecule has 98 valence electrons. The van der Waals surface area contributed by atoms with E-state index < -0.39 is 5.82 Å². The van der Waals surface area contributed by atoms with E-state index in [-0.39, 0.29) is 35.1 Å². The Labute approximate surface area is 110 Å². The van der Waals surface area contributed by atoms with Gasteiger partial charge in [-0.3, -0.25) is 4.79 Å². The molecule has 1 aliphatic carbocycles. The minimum Gasteiger partial charge on any atom is -0.396 e. The summed E-state index contributed by atoms with van der Waals surface area (Å²) in [6, 6.07) is 3.95. The molecule has 0 aromatic heterocycles. The number of benzene rings is 1. The van der Waals surface area contributed by atoms with E-state index >= 15 is 0 Å². The number of aliphatic hydroxyl groups is 1. The van der Waals surface area contributed by atoms with Crippen LogP contribution in [-0.2, 0) is 0 Å². The van der Waals surface area contributed by atoms with E-state index in [9.17, 15) is 14.3 Å². The van der Waals surface area contributed by atoms with Gasteiger partial charge in [-0.2, -0.15) is 0 Å². The monoisotopic (exact) mass is 271 g/mol. The molecule has 1 amide bonds. The normalized spacial score (nSPS) is 23.1. The average molecular weight is 272 g/mol. The van der Waals surface area contributed by atoms with Crippen molar-refractivity contribution in [1.29, 1.82) is 0 Å². The van der Waals surface area contributed by atoms with Crippen LogP contribution >= 0.6 is 11.6 Å². The molecule has 0 saturated heterocycles. The molecule has 2 unspecified atom stereocenters. The van der Waals surface area contributed by atoms with Crippen LogP contribution in [0, 0.1) is 11.7 Å². The van der Waals surface area contributed by atoms with Crippen molar-refractivity contribution < 1.29 is 14.3 Å². The largest absolute Gasteiger partial charge is 0.396 e. The lowest BCUT2D eigenvalue weighted by atomic mass is 10.0. The summed E-state index contributed by atoms with van der Waals surface area (Å²) < 4.78 is 13.2. The second-order valence-electron chi connectivity index (χ2n) is 4.58. The number of amides is 1. The fourth-order valence-electron chi connectivity index (χ4n) is 2.33. The highest BCUT2D eigenvalue weighted by Gasteiger charge is 2.28. The van der Waals surface area contributed by atoms with Gasteiger partial charge in [-0.05, 0) is 31.0 Å². The highest BCUT2D eigenvalue weighted by molar-refractivity contribution is 6.30. The predicted octanol–water partition coefficient (Wildman–Crippen LogP) is 2.37. The molecule has 3 nitrogen and oxygen atoms in total. The summed E-state index contributed by atoms with van der Waals surface area (Å²) in [7, 11) is 0. The lowest BCUT2D eigenvalue weighted by Gasteiger charge is -2.19. The molecule has 1 saturated carbocycles. The van der Waals surface area contributed by atoms with Crippen LogP contribution in [0.5, 0.6) is 0 Å². The van der Waals surface area contributed by atoms with E-state index in [0.29, 0.717) is 0 Å². The third-order valence-electron chi connectivity index (χ3n) is 3.39. The number of halogens is 2. The lowest BCUT2D eigenvalue weighted by molar-refractivity contribution is 0.0915. The Morgan fingerprint density at radius 2 is 2.28 bits per heavy atom. The second kappa shape index (κ2) is 5.67. The predicted molar refractivity (Wildman–Crippen MR) is 67.1 cm³/mol. The van der Waals surface area contributed by atoms with E-state index in [1.165, 1.54) is 12.1 Å². The molecule has 0 bridgehead atoms. The SMILES string of the molecule is O=C(NC1CCCC1CO)c1ccc(Cl)c(F)c1. The summed E-state index contributed by atoms with van der Waals surface area (Å²) in [5.74, 6) is -0.823. The maximum Gasteiger partial charge on any atom is 0.251 e. The standard InChI is InChI=1S/C13H15ClFNO2/c14-10-5-4-8(6-11(10)15)13(18)16-12-3-1-2-9(12)7-17/h4-6,9,12,17H,1-3,7H2,(H,16,18). The highest BCUT2D eigenvalue weighted by Crippen LogP contribution is 2.25. The van der Waals surface area contributed by atoms with Crippen molar-refractivity contribution in [2.24, 2.45) is 5.92 Å². The van der Waals surface area contributed by atoms with Crippen LogP contribution in [-0.4, -0.2) is 23.7 Å². The van der Waals surface area contributed by atoms with Crippen molar-refractivity contribution in [2.45, 2.75) is 25.3 Å². The molecule has 1 aliphatic rings.